The summed E-state index contributed by atoms with van der Waals surface area (Å²) in [5.41, 5.74) is 0.0518. The van der Waals surface area contributed by atoms with Crippen molar-refractivity contribution in [3.05, 3.63) is 24.0 Å². The topological polar surface area (TPSA) is 58.6 Å². The number of anilines is 1. The van der Waals surface area contributed by atoms with E-state index in [1.54, 1.807) is 0 Å². The molecule has 1 aromatic carbocycles. The lowest BCUT2D eigenvalue weighted by molar-refractivity contribution is -0.126. The summed E-state index contributed by atoms with van der Waals surface area (Å²) in [5, 5.41) is 11.5. The Bertz CT molecular complexity index is 436. The number of aromatic hydroxyl groups is 1. The first kappa shape index (κ1) is 11.9. The van der Waals surface area contributed by atoms with Crippen LogP contribution < -0.4 is 5.32 Å². The number of phenols is 1. The van der Waals surface area contributed by atoms with Crippen molar-refractivity contribution >= 4 is 11.6 Å². The van der Waals surface area contributed by atoms with Gasteiger partial charge in [-0.2, -0.15) is 0 Å². The molecule has 2 atom stereocenters. The number of rotatable bonds is 2. The molecule has 0 spiro atoms. The first-order valence-electron chi connectivity index (χ1n) is 5.51. The fourth-order valence-electron chi connectivity index (χ4n) is 1.81. The summed E-state index contributed by atoms with van der Waals surface area (Å²) in [6.45, 7) is 1.90. The molecule has 1 amide bonds. The van der Waals surface area contributed by atoms with Crippen LogP contribution in [0.3, 0.4) is 0 Å². The number of hydrogen-bond acceptors (Lipinski definition) is 3. The fraction of sp³-hybridized carbons (Fsp3) is 0.417. The molecule has 0 aromatic heterocycles. The van der Waals surface area contributed by atoms with Gasteiger partial charge in [-0.3, -0.25) is 4.79 Å². The average Bonchev–Trinajstić information content (AvgIpc) is 2.69. The van der Waals surface area contributed by atoms with Crippen LogP contribution in [0.25, 0.3) is 0 Å². The fourth-order valence-corrected chi connectivity index (χ4v) is 1.81. The molecule has 1 aliphatic heterocycles. The van der Waals surface area contributed by atoms with Crippen LogP contribution in [0.15, 0.2) is 18.2 Å². The molecule has 1 fully saturated rings. The summed E-state index contributed by atoms with van der Waals surface area (Å²) in [4.78, 5) is 11.7. The minimum absolute atomic E-state index is 0.0518. The summed E-state index contributed by atoms with van der Waals surface area (Å²) in [6.07, 6.45) is 1.02. The Morgan fingerprint density at radius 1 is 1.53 bits per heavy atom. The predicted molar refractivity (Wildman–Crippen MR) is 60.3 cm³/mol. The third-order valence-corrected chi connectivity index (χ3v) is 2.73. The van der Waals surface area contributed by atoms with E-state index in [0.29, 0.717) is 6.42 Å². The number of amides is 1. The van der Waals surface area contributed by atoms with Crippen LogP contribution in [-0.4, -0.2) is 23.2 Å². The standard InChI is InChI=1S/C12H14FNO3/c1-7-2-5-11(17-7)12(16)14-10-4-3-8(15)6-9(10)13/h3-4,6-7,11,15H,2,5H2,1H3,(H,14,16). The zero-order chi connectivity index (χ0) is 12.4. The highest BCUT2D eigenvalue weighted by atomic mass is 19.1. The number of carbonyl (C=O) groups excluding carboxylic acids is 1. The van der Waals surface area contributed by atoms with Gasteiger partial charge in [0.1, 0.15) is 17.7 Å². The van der Waals surface area contributed by atoms with Crippen LogP contribution in [0.2, 0.25) is 0 Å². The summed E-state index contributed by atoms with van der Waals surface area (Å²) in [5.74, 6) is -1.19. The molecule has 0 aliphatic carbocycles. The molecule has 1 aromatic rings. The maximum atomic E-state index is 13.4. The van der Waals surface area contributed by atoms with E-state index in [0.717, 1.165) is 12.5 Å². The molecule has 0 radical (unpaired) electrons. The Morgan fingerprint density at radius 3 is 2.88 bits per heavy atom. The molecular weight excluding hydrogens is 225 g/mol. The Hall–Kier alpha value is -1.62. The number of nitrogens with one attached hydrogen (secondary N) is 1. The molecule has 4 nitrogen and oxygen atoms in total. The SMILES string of the molecule is CC1CCC(C(=O)Nc2ccc(O)cc2F)O1. The third-order valence-electron chi connectivity index (χ3n) is 2.73. The zero-order valence-electron chi connectivity index (χ0n) is 9.44. The zero-order valence-corrected chi connectivity index (χ0v) is 9.44. The summed E-state index contributed by atoms with van der Waals surface area (Å²) in [7, 11) is 0. The normalized spacial score (nSPS) is 23.6. The Labute approximate surface area is 98.4 Å². The van der Waals surface area contributed by atoms with E-state index >= 15 is 0 Å². The van der Waals surface area contributed by atoms with E-state index in [2.05, 4.69) is 5.32 Å². The monoisotopic (exact) mass is 239 g/mol. The van der Waals surface area contributed by atoms with Crippen LogP contribution in [-0.2, 0) is 9.53 Å². The van der Waals surface area contributed by atoms with Crippen LogP contribution in [0, 0.1) is 5.82 Å². The van der Waals surface area contributed by atoms with E-state index in [-0.39, 0.29) is 23.4 Å². The second kappa shape index (κ2) is 4.71. The molecule has 2 N–H and O–H groups in total. The Kier molecular flexibility index (Phi) is 3.28. The van der Waals surface area contributed by atoms with Crippen molar-refractivity contribution in [1.82, 2.24) is 0 Å². The van der Waals surface area contributed by atoms with Gasteiger partial charge in [-0.25, -0.2) is 4.39 Å². The van der Waals surface area contributed by atoms with Gasteiger partial charge in [-0.15, -0.1) is 0 Å². The number of hydrogen-bond donors (Lipinski definition) is 2. The maximum Gasteiger partial charge on any atom is 0.253 e. The number of phenolic OH excluding ortho intramolecular Hbond substituents is 1. The van der Waals surface area contributed by atoms with Crippen LogP contribution in [0.5, 0.6) is 5.75 Å². The van der Waals surface area contributed by atoms with Gasteiger partial charge < -0.3 is 15.2 Å². The first-order chi connectivity index (χ1) is 8.06. The highest BCUT2D eigenvalue weighted by Gasteiger charge is 2.28. The third kappa shape index (κ3) is 2.74. The second-order valence-corrected chi connectivity index (χ2v) is 4.17. The van der Waals surface area contributed by atoms with E-state index in [1.165, 1.54) is 12.1 Å². The highest BCUT2D eigenvalue weighted by Crippen LogP contribution is 2.23. The van der Waals surface area contributed by atoms with Gasteiger partial charge in [0, 0.05) is 6.07 Å². The van der Waals surface area contributed by atoms with Gasteiger partial charge in [0.25, 0.3) is 5.91 Å². The minimum atomic E-state index is -0.663. The van der Waals surface area contributed by atoms with Gasteiger partial charge in [-0.05, 0) is 31.9 Å². The van der Waals surface area contributed by atoms with Crippen molar-refractivity contribution in [3.8, 4) is 5.75 Å². The molecular formula is C12H14FNO3. The highest BCUT2D eigenvalue weighted by molar-refractivity contribution is 5.94. The van der Waals surface area contributed by atoms with E-state index in [9.17, 15) is 9.18 Å². The number of halogens is 1. The van der Waals surface area contributed by atoms with Crippen molar-refractivity contribution in [2.45, 2.75) is 32.0 Å². The predicted octanol–water partition coefficient (Wildman–Crippen LogP) is 2.04. The number of carbonyl (C=O) groups is 1. The average molecular weight is 239 g/mol. The molecule has 1 heterocycles. The molecule has 2 unspecified atom stereocenters. The number of ether oxygens (including phenoxy) is 1. The molecule has 1 aliphatic rings. The van der Waals surface area contributed by atoms with Gasteiger partial charge in [0.2, 0.25) is 0 Å². The van der Waals surface area contributed by atoms with Crippen molar-refractivity contribution in [2.75, 3.05) is 5.32 Å². The van der Waals surface area contributed by atoms with Gasteiger partial charge in [0.15, 0.2) is 0 Å². The van der Waals surface area contributed by atoms with Gasteiger partial charge in [-0.1, -0.05) is 0 Å². The minimum Gasteiger partial charge on any atom is -0.508 e. The smallest absolute Gasteiger partial charge is 0.253 e. The molecule has 0 bridgehead atoms. The molecule has 1 saturated heterocycles. The van der Waals surface area contributed by atoms with E-state index in [4.69, 9.17) is 9.84 Å². The summed E-state index contributed by atoms with van der Waals surface area (Å²) < 4.78 is 18.7. The maximum absolute atomic E-state index is 13.4. The Morgan fingerprint density at radius 2 is 2.29 bits per heavy atom. The summed E-state index contributed by atoms with van der Waals surface area (Å²) >= 11 is 0. The van der Waals surface area contributed by atoms with Crippen molar-refractivity contribution in [1.29, 1.82) is 0 Å². The lowest BCUT2D eigenvalue weighted by Crippen LogP contribution is -2.28. The first-order valence-corrected chi connectivity index (χ1v) is 5.51. The van der Waals surface area contributed by atoms with E-state index < -0.39 is 11.9 Å². The second-order valence-electron chi connectivity index (χ2n) is 4.17. The van der Waals surface area contributed by atoms with E-state index in [1.807, 2.05) is 6.92 Å². The quantitative estimate of drug-likeness (QED) is 0.776. The molecule has 2 rings (SSSR count). The lowest BCUT2D eigenvalue weighted by Gasteiger charge is -2.12. The molecule has 5 heteroatoms. The largest absolute Gasteiger partial charge is 0.508 e. The van der Waals surface area contributed by atoms with Crippen LogP contribution in [0.1, 0.15) is 19.8 Å². The van der Waals surface area contributed by atoms with Crippen molar-refractivity contribution < 1.29 is 19.0 Å². The van der Waals surface area contributed by atoms with Crippen molar-refractivity contribution in [2.24, 2.45) is 0 Å². The van der Waals surface area contributed by atoms with Crippen molar-refractivity contribution in [3.63, 3.8) is 0 Å². The summed E-state index contributed by atoms with van der Waals surface area (Å²) in [6, 6.07) is 3.59. The van der Waals surface area contributed by atoms with Crippen LogP contribution >= 0.6 is 0 Å². The molecule has 0 saturated carbocycles. The number of benzene rings is 1. The van der Waals surface area contributed by atoms with Gasteiger partial charge in [0.05, 0.1) is 11.8 Å². The van der Waals surface area contributed by atoms with Crippen LogP contribution in [0.4, 0.5) is 10.1 Å². The molecule has 92 valence electrons. The Balaban J connectivity index is 2.03. The lowest BCUT2D eigenvalue weighted by atomic mass is 10.2. The molecule has 17 heavy (non-hydrogen) atoms. The van der Waals surface area contributed by atoms with Gasteiger partial charge >= 0.3 is 0 Å².